The van der Waals surface area contributed by atoms with Crippen LogP contribution in [0.2, 0.25) is 0 Å². The van der Waals surface area contributed by atoms with E-state index in [9.17, 15) is 4.79 Å². The van der Waals surface area contributed by atoms with E-state index in [0.29, 0.717) is 6.42 Å². The molecule has 1 N–H and O–H groups in total. The average molecular weight is 256 g/mol. The molecule has 0 spiro atoms. The lowest BCUT2D eigenvalue weighted by Gasteiger charge is -2.23. The van der Waals surface area contributed by atoms with Crippen LogP contribution >= 0.6 is 11.3 Å². The summed E-state index contributed by atoms with van der Waals surface area (Å²) in [7, 11) is 2.01. The molecule has 17 heavy (non-hydrogen) atoms. The predicted molar refractivity (Wildman–Crippen MR) is 69.2 cm³/mol. The summed E-state index contributed by atoms with van der Waals surface area (Å²) < 4.78 is 0. The van der Waals surface area contributed by atoms with Crippen molar-refractivity contribution < 1.29 is 9.90 Å². The van der Waals surface area contributed by atoms with Crippen LogP contribution in [0.25, 0.3) is 0 Å². The van der Waals surface area contributed by atoms with Gasteiger partial charge in [0.05, 0.1) is 16.6 Å². The van der Waals surface area contributed by atoms with Crippen LogP contribution in [0.15, 0.2) is 5.51 Å². The van der Waals surface area contributed by atoms with Crippen LogP contribution in [0.1, 0.15) is 30.8 Å². The number of carbonyl (C=O) groups is 1. The fourth-order valence-electron chi connectivity index (χ4n) is 1.38. The molecule has 1 heterocycles. The molecule has 5 heteroatoms. The average Bonchev–Trinajstić information content (AvgIpc) is 2.61. The van der Waals surface area contributed by atoms with Crippen molar-refractivity contribution in [1.29, 1.82) is 0 Å². The molecular weight excluding hydrogens is 236 g/mol. The second kappa shape index (κ2) is 5.60. The van der Waals surface area contributed by atoms with Crippen molar-refractivity contribution in [3.8, 4) is 0 Å². The van der Waals surface area contributed by atoms with Gasteiger partial charge >= 0.3 is 5.97 Å². The Balaban J connectivity index is 2.43. The summed E-state index contributed by atoms with van der Waals surface area (Å²) in [5.41, 5.74) is 2.26. The van der Waals surface area contributed by atoms with Crippen LogP contribution in [0.3, 0.4) is 0 Å². The minimum absolute atomic E-state index is 0.649. The minimum Gasteiger partial charge on any atom is -0.481 e. The third kappa shape index (κ3) is 4.09. The van der Waals surface area contributed by atoms with Gasteiger partial charge in [-0.15, -0.1) is 11.3 Å². The molecule has 0 unspecified atom stereocenters. The van der Waals surface area contributed by atoms with Crippen molar-refractivity contribution in [3.63, 3.8) is 0 Å². The van der Waals surface area contributed by atoms with E-state index in [0.717, 1.165) is 18.8 Å². The number of aromatic nitrogens is 1. The van der Waals surface area contributed by atoms with Crippen molar-refractivity contribution in [2.45, 2.75) is 33.7 Å². The van der Waals surface area contributed by atoms with Gasteiger partial charge in [-0.25, -0.2) is 4.98 Å². The van der Waals surface area contributed by atoms with Gasteiger partial charge < -0.3 is 10.0 Å². The quantitative estimate of drug-likeness (QED) is 0.849. The normalized spacial score (nSPS) is 12.1. The molecule has 1 aromatic rings. The molecule has 0 saturated carbocycles. The van der Waals surface area contributed by atoms with E-state index < -0.39 is 11.4 Å². The lowest BCUT2D eigenvalue weighted by Crippen LogP contribution is -2.29. The summed E-state index contributed by atoms with van der Waals surface area (Å²) in [6, 6.07) is 0. The van der Waals surface area contributed by atoms with Gasteiger partial charge in [0.1, 0.15) is 0 Å². The highest BCUT2D eigenvalue weighted by atomic mass is 32.1. The van der Waals surface area contributed by atoms with E-state index in [1.165, 1.54) is 4.88 Å². The molecule has 0 fully saturated rings. The summed E-state index contributed by atoms with van der Waals surface area (Å²) in [5, 5.41) is 9.03. The molecule has 0 aliphatic heterocycles. The standard InChI is InChI=1S/C12H20N2O2S/c1-9-10(17-8-13-9)7-14(4)6-5-12(2,3)11(15)16/h8H,5-7H2,1-4H3,(H,15,16). The molecule has 0 atom stereocenters. The first-order valence-corrected chi connectivity index (χ1v) is 6.52. The fraction of sp³-hybridized carbons (Fsp3) is 0.667. The summed E-state index contributed by atoms with van der Waals surface area (Å²) in [5.74, 6) is -0.736. The fourth-order valence-corrected chi connectivity index (χ4v) is 2.24. The maximum Gasteiger partial charge on any atom is 0.309 e. The SMILES string of the molecule is Cc1ncsc1CN(C)CCC(C)(C)C(=O)O. The molecule has 96 valence electrons. The van der Waals surface area contributed by atoms with E-state index in [1.54, 1.807) is 25.2 Å². The summed E-state index contributed by atoms with van der Waals surface area (Å²) >= 11 is 1.65. The number of carboxylic acid groups (broad SMARTS) is 1. The van der Waals surface area contributed by atoms with Gasteiger partial charge in [0.25, 0.3) is 0 Å². The summed E-state index contributed by atoms with van der Waals surface area (Å²) in [6.07, 6.45) is 0.649. The van der Waals surface area contributed by atoms with E-state index in [1.807, 2.05) is 19.5 Å². The Kier molecular flexibility index (Phi) is 4.65. The van der Waals surface area contributed by atoms with Crippen molar-refractivity contribution >= 4 is 17.3 Å². The van der Waals surface area contributed by atoms with Gasteiger partial charge in [-0.1, -0.05) is 0 Å². The first-order chi connectivity index (χ1) is 7.83. The molecular formula is C12H20N2O2S. The third-order valence-corrected chi connectivity index (χ3v) is 3.88. The monoisotopic (exact) mass is 256 g/mol. The lowest BCUT2D eigenvalue weighted by atomic mass is 9.89. The molecule has 0 radical (unpaired) electrons. The second-order valence-corrected chi connectivity index (χ2v) is 5.98. The van der Waals surface area contributed by atoms with Crippen molar-refractivity contribution in [1.82, 2.24) is 9.88 Å². The predicted octanol–water partition coefficient (Wildman–Crippen LogP) is 2.38. The molecule has 0 saturated heterocycles. The minimum atomic E-state index is -0.736. The van der Waals surface area contributed by atoms with E-state index in [4.69, 9.17) is 5.11 Å². The third-order valence-electron chi connectivity index (χ3n) is 2.96. The molecule has 1 aromatic heterocycles. The van der Waals surface area contributed by atoms with Gasteiger partial charge in [-0.2, -0.15) is 0 Å². The number of hydrogen-bond acceptors (Lipinski definition) is 4. The Morgan fingerprint density at radius 3 is 2.71 bits per heavy atom. The molecule has 4 nitrogen and oxygen atoms in total. The van der Waals surface area contributed by atoms with E-state index >= 15 is 0 Å². The molecule has 1 rings (SSSR count). The molecule has 0 aliphatic carbocycles. The van der Waals surface area contributed by atoms with Gasteiger partial charge in [0.2, 0.25) is 0 Å². The zero-order chi connectivity index (χ0) is 13.1. The Morgan fingerprint density at radius 2 is 2.24 bits per heavy atom. The van der Waals surface area contributed by atoms with Crippen LogP contribution < -0.4 is 0 Å². The van der Waals surface area contributed by atoms with Crippen LogP contribution in [-0.2, 0) is 11.3 Å². The number of rotatable bonds is 6. The summed E-state index contributed by atoms with van der Waals surface area (Å²) in [4.78, 5) is 18.6. The van der Waals surface area contributed by atoms with Crippen LogP contribution in [0.5, 0.6) is 0 Å². The Hall–Kier alpha value is -0.940. The zero-order valence-electron chi connectivity index (χ0n) is 10.9. The Morgan fingerprint density at radius 1 is 1.59 bits per heavy atom. The highest BCUT2D eigenvalue weighted by Gasteiger charge is 2.26. The largest absolute Gasteiger partial charge is 0.481 e. The number of carboxylic acids is 1. The lowest BCUT2D eigenvalue weighted by molar-refractivity contribution is -0.147. The Bertz CT molecular complexity index is 388. The Labute approximate surface area is 106 Å². The smallest absolute Gasteiger partial charge is 0.309 e. The van der Waals surface area contributed by atoms with Gasteiger partial charge in [-0.05, 0) is 40.8 Å². The highest BCUT2D eigenvalue weighted by molar-refractivity contribution is 7.09. The number of hydrogen-bond donors (Lipinski definition) is 1. The van der Waals surface area contributed by atoms with Crippen LogP contribution in [0.4, 0.5) is 0 Å². The first-order valence-electron chi connectivity index (χ1n) is 5.64. The topological polar surface area (TPSA) is 53.4 Å². The molecule has 0 aliphatic rings. The molecule has 0 aromatic carbocycles. The maximum atomic E-state index is 11.0. The highest BCUT2D eigenvalue weighted by Crippen LogP contribution is 2.21. The number of thiazole rings is 1. The van der Waals surface area contributed by atoms with Crippen molar-refractivity contribution in [2.75, 3.05) is 13.6 Å². The molecule has 0 bridgehead atoms. The maximum absolute atomic E-state index is 11.0. The van der Waals surface area contributed by atoms with Crippen LogP contribution in [0, 0.1) is 12.3 Å². The summed E-state index contributed by atoms with van der Waals surface area (Å²) in [6.45, 7) is 7.14. The number of nitrogens with zero attached hydrogens (tertiary/aromatic N) is 2. The van der Waals surface area contributed by atoms with Gasteiger partial charge in [0, 0.05) is 11.4 Å². The van der Waals surface area contributed by atoms with E-state index in [-0.39, 0.29) is 0 Å². The molecule has 0 amide bonds. The van der Waals surface area contributed by atoms with Gasteiger partial charge in [0.15, 0.2) is 0 Å². The number of aliphatic carboxylic acids is 1. The van der Waals surface area contributed by atoms with Gasteiger partial charge in [-0.3, -0.25) is 4.79 Å². The van der Waals surface area contributed by atoms with Crippen molar-refractivity contribution in [3.05, 3.63) is 16.1 Å². The number of aryl methyl sites for hydroxylation is 1. The zero-order valence-corrected chi connectivity index (χ0v) is 11.7. The second-order valence-electron chi connectivity index (χ2n) is 5.04. The van der Waals surface area contributed by atoms with Crippen LogP contribution in [-0.4, -0.2) is 34.6 Å². The van der Waals surface area contributed by atoms with E-state index in [2.05, 4.69) is 9.88 Å². The first kappa shape index (κ1) is 14.1. The van der Waals surface area contributed by atoms with Crippen molar-refractivity contribution in [2.24, 2.45) is 5.41 Å².